The third kappa shape index (κ3) is 3.62. The second-order valence-corrected chi connectivity index (χ2v) is 8.03. The van der Waals surface area contributed by atoms with Crippen molar-refractivity contribution in [3.8, 4) is 22.9 Å². The molecule has 0 N–H and O–H groups in total. The molecule has 0 bridgehead atoms. The SMILES string of the molecule is N#Cc1cc(-n2cc(-c3ccc(N4CCS(=O)CC4)cc3)cn2)ccc1F. The van der Waals surface area contributed by atoms with Gasteiger partial charge in [-0.25, -0.2) is 9.07 Å². The van der Waals surface area contributed by atoms with Gasteiger partial charge in [0.2, 0.25) is 0 Å². The van der Waals surface area contributed by atoms with E-state index < -0.39 is 16.6 Å². The van der Waals surface area contributed by atoms with Gasteiger partial charge in [0.15, 0.2) is 0 Å². The van der Waals surface area contributed by atoms with Gasteiger partial charge < -0.3 is 4.90 Å². The zero-order chi connectivity index (χ0) is 18.8. The van der Waals surface area contributed by atoms with Crippen molar-refractivity contribution in [2.24, 2.45) is 0 Å². The molecule has 4 rings (SSSR count). The number of hydrogen-bond donors (Lipinski definition) is 0. The molecule has 2 heterocycles. The number of nitrogens with zero attached hydrogens (tertiary/aromatic N) is 4. The van der Waals surface area contributed by atoms with Crippen LogP contribution in [0.2, 0.25) is 0 Å². The molecule has 1 aliphatic rings. The van der Waals surface area contributed by atoms with Crippen LogP contribution in [-0.2, 0) is 10.8 Å². The lowest BCUT2D eigenvalue weighted by Gasteiger charge is -2.28. The van der Waals surface area contributed by atoms with Crippen LogP contribution in [0.5, 0.6) is 0 Å². The van der Waals surface area contributed by atoms with Crippen LogP contribution < -0.4 is 4.90 Å². The average Bonchev–Trinajstić information content (AvgIpc) is 3.19. The summed E-state index contributed by atoms with van der Waals surface area (Å²) in [5.41, 5.74) is 3.71. The molecule has 0 unspecified atom stereocenters. The topological polar surface area (TPSA) is 61.9 Å². The zero-order valence-corrected chi connectivity index (χ0v) is 15.3. The number of anilines is 1. The first-order valence-corrected chi connectivity index (χ1v) is 10.1. The van der Waals surface area contributed by atoms with Crippen LogP contribution in [0.25, 0.3) is 16.8 Å². The van der Waals surface area contributed by atoms with Gasteiger partial charge in [0, 0.05) is 52.8 Å². The lowest BCUT2D eigenvalue weighted by Crippen LogP contribution is -2.37. The largest absolute Gasteiger partial charge is 0.370 e. The number of benzene rings is 2. The molecular weight excluding hydrogens is 363 g/mol. The van der Waals surface area contributed by atoms with Gasteiger partial charge in [0.25, 0.3) is 0 Å². The maximum atomic E-state index is 13.5. The molecule has 2 aromatic carbocycles. The summed E-state index contributed by atoms with van der Waals surface area (Å²) in [6.45, 7) is 1.63. The predicted molar refractivity (Wildman–Crippen MR) is 104 cm³/mol. The van der Waals surface area contributed by atoms with Crippen molar-refractivity contribution in [3.05, 3.63) is 66.2 Å². The van der Waals surface area contributed by atoms with Crippen molar-refractivity contribution in [3.63, 3.8) is 0 Å². The van der Waals surface area contributed by atoms with Crippen LogP contribution in [0.3, 0.4) is 0 Å². The predicted octanol–water partition coefficient (Wildman–Crippen LogP) is 3.12. The van der Waals surface area contributed by atoms with Gasteiger partial charge in [-0.15, -0.1) is 0 Å². The number of aromatic nitrogens is 2. The third-order valence-corrected chi connectivity index (χ3v) is 5.94. The van der Waals surface area contributed by atoms with Gasteiger partial charge in [-0.2, -0.15) is 10.4 Å². The first-order valence-electron chi connectivity index (χ1n) is 8.59. The monoisotopic (exact) mass is 380 g/mol. The van der Waals surface area contributed by atoms with Crippen LogP contribution in [0, 0.1) is 17.1 Å². The molecular formula is C20H17FN4OS. The van der Waals surface area contributed by atoms with Gasteiger partial charge in [-0.3, -0.25) is 4.21 Å². The first kappa shape index (κ1) is 17.4. The van der Waals surface area contributed by atoms with Crippen molar-refractivity contribution in [2.75, 3.05) is 29.5 Å². The van der Waals surface area contributed by atoms with Gasteiger partial charge >= 0.3 is 0 Å². The molecule has 0 aliphatic carbocycles. The Balaban J connectivity index is 1.55. The summed E-state index contributed by atoms with van der Waals surface area (Å²) in [5.74, 6) is 0.902. The van der Waals surface area contributed by atoms with E-state index in [4.69, 9.17) is 5.26 Å². The minimum atomic E-state index is -0.685. The van der Waals surface area contributed by atoms with Gasteiger partial charge in [-0.1, -0.05) is 12.1 Å². The van der Waals surface area contributed by atoms with Crippen molar-refractivity contribution < 1.29 is 8.60 Å². The highest BCUT2D eigenvalue weighted by molar-refractivity contribution is 7.85. The second kappa shape index (κ2) is 7.33. The van der Waals surface area contributed by atoms with Crippen molar-refractivity contribution in [2.45, 2.75) is 0 Å². The molecule has 7 heteroatoms. The standard InChI is InChI=1S/C20H17FN4OS/c21-20-6-5-19(11-16(20)12-22)25-14-17(13-23-25)15-1-3-18(4-2-15)24-7-9-27(26)10-8-24/h1-6,11,13-14H,7-10H2. The molecule has 5 nitrogen and oxygen atoms in total. The Labute approximate surface area is 159 Å². The highest BCUT2D eigenvalue weighted by Crippen LogP contribution is 2.25. The van der Waals surface area contributed by atoms with Crippen molar-refractivity contribution in [1.29, 1.82) is 5.26 Å². The lowest BCUT2D eigenvalue weighted by atomic mass is 10.1. The number of rotatable bonds is 3. The molecule has 0 amide bonds. The van der Waals surface area contributed by atoms with E-state index in [1.165, 1.54) is 12.1 Å². The molecule has 1 saturated heterocycles. The fourth-order valence-corrected chi connectivity index (χ4v) is 4.17. The number of hydrogen-bond acceptors (Lipinski definition) is 4. The molecule has 0 spiro atoms. The zero-order valence-electron chi connectivity index (χ0n) is 14.5. The Morgan fingerprint density at radius 1 is 1.04 bits per heavy atom. The van der Waals surface area contributed by atoms with Crippen molar-refractivity contribution >= 4 is 16.5 Å². The smallest absolute Gasteiger partial charge is 0.141 e. The van der Waals surface area contributed by atoms with Gasteiger partial charge in [0.1, 0.15) is 11.9 Å². The fraction of sp³-hybridized carbons (Fsp3) is 0.200. The van der Waals surface area contributed by atoms with E-state index in [0.29, 0.717) is 5.69 Å². The summed E-state index contributed by atoms with van der Waals surface area (Å²) < 4.78 is 26.6. The summed E-state index contributed by atoms with van der Waals surface area (Å²) in [6.07, 6.45) is 3.60. The summed E-state index contributed by atoms with van der Waals surface area (Å²) in [7, 11) is -0.685. The fourth-order valence-electron chi connectivity index (χ4n) is 3.12. The summed E-state index contributed by atoms with van der Waals surface area (Å²) >= 11 is 0. The third-order valence-electron chi connectivity index (χ3n) is 4.66. The Hall–Kier alpha value is -2.98. The quantitative estimate of drug-likeness (QED) is 0.700. The van der Waals surface area contributed by atoms with Crippen LogP contribution in [0.4, 0.5) is 10.1 Å². The van der Waals surface area contributed by atoms with E-state index >= 15 is 0 Å². The highest BCUT2D eigenvalue weighted by atomic mass is 32.2. The Bertz CT molecular complexity index is 1030. The van der Waals surface area contributed by atoms with Crippen LogP contribution >= 0.6 is 0 Å². The molecule has 1 aliphatic heterocycles. The van der Waals surface area contributed by atoms with E-state index in [1.807, 2.05) is 24.4 Å². The molecule has 1 fully saturated rings. The second-order valence-electron chi connectivity index (χ2n) is 6.33. The van der Waals surface area contributed by atoms with Crippen molar-refractivity contribution in [1.82, 2.24) is 9.78 Å². The molecule has 0 saturated carbocycles. The van der Waals surface area contributed by atoms with E-state index in [1.54, 1.807) is 16.9 Å². The maximum absolute atomic E-state index is 13.5. The number of nitriles is 1. The first-order chi connectivity index (χ1) is 13.1. The van der Waals surface area contributed by atoms with E-state index in [9.17, 15) is 8.60 Å². The van der Waals surface area contributed by atoms with Crippen LogP contribution in [-0.4, -0.2) is 38.6 Å². The maximum Gasteiger partial charge on any atom is 0.141 e. The van der Waals surface area contributed by atoms with Gasteiger partial charge in [0.05, 0.1) is 17.4 Å². The highest BCUT2D eigenvalue weighted by Gasteiger charge is 2.15. The van der Waals surface area contributed by atoms with E-state index in [2.05, 4.69) is 22.1 Å². The minimum Gasteiger partial charge on any atom is -0.370 e. The molecule has 3 aromatic rings. The normalized spacial score (nSPS) is 14.9. The van der Waals surface area contributed by atoms with Gasteiger partial charge in [-0.05, 0) is 35.9 Å². The molecule has 27 heavy (non-hydrogen) atoms. The molecule has 136 valence electrons. The number of halogens is 1. The van der Waals surface area contributed by atoms with E-state index in [-0.39, 0.29) is 5.56 Å². The molecule has 0 atom stereocenters. The van der Waals surface area contributed by atoms with Crippen LogP contribution in [0.15, 0.2) is 54.9 Å². The summed E-state index contributed by atoms with van der Waals surface area (Å²) in [6, 6.07) is 14.4. The lowest BCUT2D eigenvalue weighted by molar-refractivity contribution is 0.623. The molecule has 0 radical (unpaired) electrons. The Morgan fingerprint density at radius 2 is 1.74 bits per heavy atom. The minimum absolute atomic E-state index is 0.00337. The Kier molecular flexibility index (Phi) is 4.73. The Morgan fingerprint density at radius 3 is 2.44 bits per heavy atom. The summed E-state index contributed by atoms with van der Waals surface area (Å²) in [5, 5.41) is 13.3. The van der Waals surface area contributed by atoms with E-state index in [0.717, 1.165) is 41.4 Å². The average molecular weight is 380 g/mol. The summed E-state index contributed by atoms with van der Waals surface area (Å²) in [4.78, 5) is 2.25. The molecule has 1 aromatic heterocycles. The van der Waals surface area contributed by atoms with Crippen LogP contribution in [0.1, 0.15) is 5.56 Å².